The third-order valence-corrected chi connectivity index (χ3v) is 1.34. The topological polar surface area (TPSA) is 33.1 Å². The van der Waals surface area contributed by atoms with Crippen LogP contribution in [-0.2, 0) is 6.61 Å². The maximum Gasteiger partial charge on any atom is 0.0688 e. The number of pyridine rings is 1. The average Bonchev–Trinajstić information content (AvgIpc) is 2.04. The second kappa shape index (κ2) is 3.13. The first-order chi connectivity index (χ1) is 4.88. The smallest absolute Gasteiger partial charge is 0.0688 e. The molecule has 0 aliphatic carbocycles. The van der Waals surface area contributed by atoms with Gasteiger partial charge < -0.3 is 5.11 Å². The molecule has 0 aliphatic heterocycles. The van der Waals surface area contributed by atoms with Gasteiger partial charge in [0.2, 0.25) is 0 Å². The van der Waals surface area contributed by atoms with Crippen molar-refractivity contribution in [3.05, 3.63) is 36.2 Å². The summed E-state index contributed by atoms with van der Waals surface area (Å²) in [6.45, 7) is 3.63. The first kappa shape index (κ1) is 6.96. The van der Waals surface area contributed by atoms with Crippen LogP contribution in [0.15, 0.2) is 25.0 Å². The molecule has 10 heavy (non-hydrogen) atoms. The lowest BCUT2D eigenvalue weighted by molar-refractivity contribution is 0.281. The molecular formula is C8H9NO. The lowest BCUT2D eigenvalue weighted by Gasteiger charge is -1.98. The molecule has 0 amide bonds. The molecule has 1 heterocycles. The Balaban J connectivity index is 3.08. The van der Waals surface area contributed by atoms with Crippen molar-refractivity contribution in [3.8, 4) is 0 Å². The van der Waals surface area contributed by atoms with Crippen LogP contribution in [0.25, 0.3) is 6.08 Å². The summed E-state index contributed by atoms with van der Waals surface area (Å²) in [5.74, 6) is 0. The van der Waals surface area contributed by atoms with Gasteiger partial charge in [0.15, 0.2) is 0 Å². The van der Waals surface area contributed by atoms with Gasteiger partial charge in [0.25, 0.3) is 0 Å². The molecule has 0 saturated carbocycles. The Bertz CT molecular complexity index is 232. The van der Waals surface area contributed by atoms with Crippen LogP contribution in [0.2, 0.25) is 0 Å². The Morgan fingerprint density at radius 3 is 3.00 bits per heavy atom. The molecule has 1 aromatic heterocycles. The highest BCUT2D eigenvalue weighted by molar-refractivity contribution is 5.49. The molecule has 1 rings (SSSR count). The fourth-order valence-corrected chi connectivity index (χ4v) is 0.763. The Morgan fingerprint density at radius 2 is 2.50 bits per heavy atom. The number of rotatable bonds is 2. The van der Waals surface area contributed by atoms with Crippen LogP contribution in [0.3, 0.4) is 0 Å². The monoisotopic (exact) mass is 135 g/mol. The summed E-state index contributed by atoms with van der Waals surface area (Å²) in [6, 6.07) is 1.77. The number of hydrogen-bond donors (Lipinski definition) is 1. The third-order valence-electron chi connectivity index (χ3n) is 1.34. The van der Waals surface area contributed by atoms with E-state index in [2.05, 4.69) is 11.6 Å². The number of aliphatic hydroxyl groups excluding tert-OH is 1. The Labute approximate surface area is 59.9 Å². The number of aromatic nitrogens is 1. The summed E-state index contributed by atoms with van der Waals surface area (Å²) in [5.41, 5.74) is 1.76. The summed E-state index contributed by atoms with van der Waals surface area (Å²) < 4.78 is 0. The van der Waals surface area contributed by atoms with Crippen LogP contribution in [0.5, 0.6) is 0 Å². The number of hydrogen-bond acceptors (Lipinski definition) is 2. The van der Waals surface area contributed by atoms with Crippen LogP contribution in [0.4, 0.5) is 0 Å². The van der Waals surface area contributed by atoms with E-state index in [0.29, 0.717) is 0 Å². The first-order valence-electron chi connectivity index (χ1n) is 3.04. The molecule has 0 fully saturated rings. The van der Waals surface area contributed by atoms with Gasteiger partial charge in [-0.05, 0) is 17.2 Å². The lowest BCUT2D eigenvalue weighted by atomic mass is 10.1. The van der Waals surface area contributed by atoms with Crippen molar-refractivity contribution in [2.24, 2.45) is 0 Å². The number of nitrogens with zero attached hydrogens (tertiary/aromatic N) is 1. The maximum absolute atomic E-state index is 8.77. The molecule has 1 aromatic rings. The van der Waals surface area contributed by atoms with Crippen LogP contribution < -0.4 is 0 Å². The zero-order chi connectivity index (χ0) is 7.40. The third kappa shape index (κ3) is 1.22. The van der Waals surface area contributed by atoms with E-state index >= 15 is 0 Å². The molecule has 0 spiro atoms. The molecule has 0 unspecified atom stereocenters. The predicted octanol–water partition coefficient (Wildman–Crippen LogP) is 1.22. The van der Waals surface area contributed by atoms with Crippen molar-refractivity contribution in [2.75, 3.05) is 0 Å². The van der Waals surface area contributed by atoms with Crippen molar-refractivity contribution < 1.29 is 5.11 Å². The van der Waals surface area contributed by atoms with E-state index in [1.807, 2.05) is 0 Å². The van der Waals surface area contributed by atoms with Gasteiger partial charge in [-0.3, -0.25) is 4.98 Å². The highest BCUT2D eigenvalue weighted by Gasteiger charge is 1.93. The molecule has 0 saturated heterocycles. The summed E-state index contributed by atoms with van der Waals surface area (Å²) in [6.07, 6.45) is 5.01. The van der Waals surface area contributed by atoms with Gasteiger partial charge in [0, 0.05) is 12.4 Å². The normalized spacial score (nSPS) is 9.30. The molecule has 0 bridgehead atoms. The quantitative estimate of drug-likeness (QED) is 0.661. The fraction of sp³-hybridized carbons (Fsp3) is 0.125. The van der Waals surface area contributed by atoms with E-state index in [0.717, 1.165) is 11.1 Å². The minimum atomic E-state index is 0.0455. The van der Waals surface area contributed by atoms with E-state index in [-0.39, 0.29) is 6.61 Å². The summed E-state index contributed by atoms with van der Waals surface area (Å²) >= 11 is 0. The molecule has 52 valence electrons. The molecule has 1 N–H and O–H groups in total. The van der Waals surface area contributed by atoms with Crippen molar-refractivity contribution in [2.45, 2.75) is 6.61 Å². The van der Waals surface area contributed by atoms with Gasteiger partial charge in [-0.1, -0.05) is 12.7 Å². The Kier molecular flexibility index (Phi) is 2.18. The predicted molar refractivity (Wildman–Crippen MR) is 40.3 cm³/mol. The fourth-order valence-electron chi connectivity index (χ4n) is 0.763. The van der Waals surface area contributed by atoms with Crippen molar-refractivity contribution in [1.29, 1.82) is 0 Å². The van der Waals surface area contributed by atoms with Gasteiger partial charge in [0.05, 0.1) is 6.61 Å². The van der Waals surface area contributed by atoms with E-state index in [4.69, 9.17) is 5.11 Å². The minimum absolute atomic E-state index is 0.0455. The summed E-state index contributed by atoms with van der Waals surface area (Å²) in [7, 11) is 0. The molecule has 0 radical (unpaired) electrons. The van der Waals surface area contributed by atoms with Crippen molar-refractivity contribution in [1.82, 2.24) is 4.98 Å². The largest absolute Gasteiger partial charge is 0.392 e. The molecular weight excluding hydrogens is 126 g/mol. The van der Waals surface area contributed by atoms with Gasteiger partial charge in [-0.15, -0.1) is 0 Å². The highest BCUT2D eigenvalue weighted by atomic mass is 16.3. The number of aliphatic hydroxyl groups is 1. The molecule has 2 heteroatoms. The second-order valence-electron chi connectivity index (χ2n) is 1.94. The minimum Gasteiger partial charge on any atom is -0.392 e. The van der Waals surface area contributed by atoms with Crippen molar-refractivity contribution in [3.63, 3.8) is 0 Å². The van der Waals surface area contributed by atoms with E-state index in [1.165, 1.54) is 0 Å². The summed E-state index contributed by atoms with van der Waals surface area (Å²) in [4.78, 5) is 3.88. The summed E-state index contributed by atoms with van der Waals surface area (Å²) in [5, 5.41) is 8.77. The molecule has 0 atom stereocenters. The van der Waals surface area contributed by atoms with Gasteiger partial charge in [0.1, 0.15) is 0 Å². The average molecular weight is 135 g/mol. The molecule has 0 aromatic carbocycles. The van der Waals surface area contributed by atoms with Gasteiger partial charge >= 0.3 is 0 Å². The molecule has 0 aliphatic rings. The van der Waals surface area contributed by atoms with Crippen LogP contribution >= 0.6 is 0 Å². The lowest BCUT2D eigenvalue weighted by Crippen LogP contribution is -1.87. The Hall–Kier alpha value is -1.15. The zero-order valence-corrected chi connectivity index (χ0v) is 5.62. The van der Waals surface area contributed by atoms with Crippen molar-refractivity contribution >= 4 is 6.08 Å². The highest BCUT2D eigenvalue weighted by Crippen LogP contribution is 2.06. The standard InChI is InChI=1S/C8H9NO/c1-2-7-5-9-4-3-8(7)6-10/h2-5,10H,1,6H2. The first-order valence-corrected chi connectivity index (χ1v) is 3.04. The van der Waals surface area contributed by atoms with E-state index < -0.39 is 0 Å². The maximum atomic E-state index is 8.77. The van der Waals surface area contributed by atoms with Crippen LogP contribution in [0, 0.1) is 0 Å². The van der Waals surface area contributed by atoms with Gasteiger partial charge in [-0.2, -0.15) is 0 Å². The Morgan fingerprint density at radius 1 is 1.70 bits per heavy atom. The van der Waals surface area contributed by atoms with E-state index in [9.17, 15) is 0 Å². The van der Waals surface area contributed by atoms with Crippen LogP contribution in [0.1, 0.15) is 11.1 Å². The second-order valence-corrected chi connectivity index (χ2v) is 1.94. The van der Waals surface area contributed by atoms with E-state index in [1.54, 1.807) is 24.5 Å². The van der Waals surface area contributed by atoms with Gasteiger partial charge in [-0.25, -0.2) is 0 Å². The molecule has 2 nitrogen and oxygen atoms in total. The SMILES string of the molecule is C=Cc1cnccc1CO. The zero-order valence-electron chi connectivity index (χ0n) is 5.62. The van der Waals surface area contributed by atoms with Crippen LogP contribution in [-0.4, -0.2) is 10.1 Å².